The molecule has 5 nitrogen and oxygen atoms in total. The van der Waals surface area contributed by atoms with Crippen LogP contribution in [-0.2, 0) is 16.4 Å². The van der Waals surface area contributed by atoms with Crippen molar-refractivity contribution in [3.05, 3.63) is 29.3 Å². The molecule has 0 saturated heterocycles. The van der Waals surface area contributed by atoms with E-state index >= 15 is 0 Å². The number of aromatic carboxylic acids is 1. The summed E-state index contributed by atoms with van der Waals surface area (Å²) in [6.07, 6.45) is 1.64. The van der Waals surface area contributed by atoms with E-state index in [1.165, 1.54) is 12.1 Å². The molecular weight excluding hydrogens is 309 g/mol. The summed E-state index contributed by atoms with van der Waals surface area (Å²) in [5.41, 5.74) is 0.526. The highest BCUT2D eigenvalue weighted by Gasteiger charge is 2.29. The zero-order valence-electron chi connectivity index (χ0n) is 12.4. The summed E-state index contributed by atoms with van der Waals surface area (Å²) in [4.78, 5) is 11.1. The lowest BCUT2D eigenvalue weighted by molar-refractivity contribution is 0.0695. The Morgan fingerprint density at radius 2 is 2.05 bits per heavy atom. The molecule has 2 atom stereocenters. The van der Waals surface area contributed by atoms with Crippen molar-refractivity contribution in [2.75, 3.05) is 0 Å². The molecule has 1 fully saturated rings. The van der Waals surface area contributed by atoms with Gasteiger partial charge in [0, 0.05) is 0 Å². The highest BCUT2D eigenvalue weighted by atomic mass is 32.2. The van der Waals surface area contributed by atoms with Crippen LogP contribution < -0.4 is 4.72 Å². The molecule has 122 valence electrons. The van der Waals surface area contributed by atoms with Gasteiger partial charge < -0.3 is 5.11 Å². The normalized spacial score (nSPS) is 22.5. The molecule has 7 heteroatoms. The van der Waals surface area contributed by atoms with Gasteiger partial charge in [0.15, 0.2) is 0 Å². The SMILES string of the molecule is CCc1ccc(S(=O)(=O)N[C@@H]2CCCC[C@H]2F)cc1C(=O)O. The summed E-state index contributed by atoms with van der Waals surface area (Å²) >= 11 is 0. The number of hydrogen-bond donors (Lipinski definition) is 2. The van der Waals surface area contributed by atoms with Crippen molar-refractivity contribution in [1.29, 1.82) is 0 Å². The number of nitrogens with one attached hydrogen (secondary N) is 1. The molecule has 0 radical (unpaired) electrons. The Morgan fingerprint density at radius 3 is 2.64 bits per heavy atom. The third-order valence-electron chi connectivity index (χ3n) is 3.99. The monoisotopic (exact) mass is 329 g/mol. The number of carbonyl (C=O) groups is 1. The molecule has 1 aliphatic carbocycles. The Morgan fingerprint density at radius 1 is 1.36 bits per heavy atom. The Balaban J connectivity index is 2.29. The summed E-state index contributed by atoms with van der Waals surface area (Å²) in [7, 11) is -3.93. The van der Waals surface area contributed by atoms with Crippen LogP contribution in [0.3, 0.4) is 0 Å². The van der Waals surface area contributed by atoms with E-state index in [9.17, 15) is 22.7 Å². The van der Waals surface area contributed by atoms with Crippen molar-refractivity contribution in [2.45, 2.75) is 56.1 Å². The van der Waals surface area contributed by atoms with Crippen LogP contribution in [0.25, 0.3) is 0 Å². The standard InChI is InChI=1S/C15H20FNO4S/c1-2-10-7-8-11(9-12(10)15(18)19)22(20,21)17-14-6-4-3-5-13(14)16/h7-9,13-14,17H,2-6H2,1H3,(H,18,19)/t13-,14-/m1/s1. The van der Waals surface area contributed by atoms with Crippen LogP contribution in [0.4, 0.5) is 4.39 Å². The second-order valence-electron chi connectivity index (χ2n) is 5.51. The predicted octanol–water partition coefficient (Wildman–Crippen LogP) is 2.51. The minimum absolute atomic E-state index is 0.0363. The average Bonchev–Trinajstić information content (AvgIpc) is 2.48. The molecule has 2 rings (SSSR count). The lowest BCUT2D eigenvalue weighted by atomic mass is 9.95. The number of sulfonamides is 1. The fourth-order valence-electron chi connectivity index (χ4n) is 2.72. The highest BCUT2D eigenvalue weighted by molar-refractivity contribution is 7.89. The van der Waals surface area contributed by atoms with Crippen LogP contribution >= 0.6 is 0 Å². The van der Waals surface area contributed by atoms with Crippen LogP contribution in [-0.4, -0.2) is 31.7 Å². The first-order chi connectivity index (χ1) is 10.3. The molecule has 1 saturated carbocycles. The third kappa shape index (κ3) is 3.64. The van der Waals surface area contributed by atoms with Gasteiger partial charge in [0.05, 0.1) is 16.5 Å². The van der Waals surface area contributed by atoms with Gasteiger partial charge in [-0.2, -0.15) is 0 Å². The number of hydrogen-bond acceptors (Lipinski definition) is 3. The van der Waals surface area contributed by atoms with E-state index in [4.69, 9.17) is 0 Å². The number of benzene rings is 1. The molecule has 0 heterocycles. The van der Waals surface area contributed by atoms with Gasteiger partial charge in [-0.25, -0.2) is 22.3 Å². The van der Waals surface area contributed by atoms with Gasteiger partial charge in [0.25, 0.3) is 0 Å². The van der Waals surface area contributed by atoms with Crippen LogP contribution in [0.5, 0.6) is 0 Å². The second-order valence-corrected chi connectivity index (χ2v) is 7.22. The first kappa shape index (κ1) is 16.9. The molecule has 2 N–H and O–H groups in total. The van der Waals surface area contributed by atoms with E-state index in [2.05, 4.69) is 4.72 Å². The van der Waals surface area contributed by atoms with Crippen LogP contribution in [0.15, 0.2) is 23.1 Å². The second kappa shape index (κ2) is 6.75. The Labute approximate surface area is 129 Å². The van der Waals surface area contributed by atoms with Crippen LogP contribution in [0, 0.1) is 0 Å². The molecule has 0 aromatic heterocycles. The topological polar surface area (TPSA) is 83.5 Å². The summed E-state index contributed by atoms with van der Waals surface area (Å²) in [6, 6.07) is 3.26. The van der Waals surface area contributed by atoms with Crippen LogP contribution in [0.2, 0.25) is 0 Å². The van der Waals surface area contributed by atoms with Gasteiger partial charge in [0.2, 0.25) is 10.0 Å². The molecule has 1 aliphatic rings. The molecule has 0 amide bonds. The van der Waals surface area contributed by atoms with E-state index in [1.807, 2.05) is 0 Å². The van der Waals surface area contributed by atoms with Crippen molar-refractivity contribution in [3.8, 4) is 0 Å². The van der Waals surface area contributed by atoms with Crippen molar-refractivity contribution in [1.82, 2.24) is 4.72 Å². The molecule has 1 aromatic rings. The van der Waals surface area contributed by atoms with Gasteiger partial charge in [0.1, 0.15) is 6.17 Å². The number of halogens is 1. The van der Waals surface area contributed by atoms with Gasteiger partial charge in [-0.15, -0.1) is 0 Å². The Kier molecular flexibility index (Phi) is 5.18. The Hall–Kier alpha value is -1.47. The number of rotatable bonds is 5. The van der Waals surface area contributed by atoms with Crippen molar-refractivity contribution >= 4 is 16.0 Å². The highest BCUT2D eigenvalue weighted by Crippen LogP contribution is 2.24. The first-order valence-corrected chi connectivity index (χ1v) is 8.86. The molecule has 0 unspecified atom stereocenters. The van der Waals surface area contributed by atoms with Gasteiger partial charge in [-0.05, 0) is 37.0 Å². The van der Waals surface area contributed by atoms with Crippen LogP contribution in [0.1, 0.15) is 48.5 Å². The third-order valence-corrected chi connectivity index (χ3v) is 5.48. The fourth-order valence-corrected chi connectivity index (χ4v) is 4.04. The summed E-state index contributed by atoms with van der Waals surface area (Å²) in [6.45, 7) is 1.80. The molecule has 0 spiro atoms. The maximum Gasteiger partial charge on any atom is 0.336 e. The minimum Gasteiger partial charge on any atom is -0.478 e. The fraction of sp³-hybridized carbons (Fsp3) is 0.533. The summed E-state index contributed by atoms with van der Waals surface area (Å²) in [5.74, 6) is -1.17. The molecule has 22 heavy (non-hydrogen) atoms. The molecule has 0 aliphatic heterocycles. The Bertz CT molecular complexity index is 660. The molecular formula is C15H20FNO4S. The number of aryl methyl sites for hydroxylation is 1. The van der Waals surface area contributed by atoms with Crippen molar-refractivity contribution in [2.24, 2.45) is 0 Å². The maximum atomic E-state index is 13.8. The maximum absolute atomic E-state index is 13.8. The summed E-state index contributed by atoms with van der Waals surface area (Å²) in [5, 5.41) is 9.18. The number of alkyl halides is 1. The number of carboxylic acid groups (broad SMARTS) is 1. The number of carboxylic acids is 1. The average molecular weight is 329 g/mol. The lowest BCUT2D eigenvalue weighted by Crippen LogP contribution is -2.43. The van der Waals surface area contributed by atoms with Gasteiger partial charge in [-0.1, -0.05) is 25.8 Å². The molecule has 0 bridgehead atoms. The largest absolute Gasteiger partial charge is 0.478 e. The van der Waals surface area contributed by atoms with Crippen molar-refractivity contribution in [3.63, 3.8) is 0 Å². The van der Waals surface area contributed by atoms with E-state index in [-0.39, 0.29) is 10.5 Å². The predicted molar refractivity (Wildman–Crippen MR) is 80.3 cm³/mol. The van der Waals surface area contributed by atoms with E-state index in [1.54, 1.807) is 6.92 Å². The van der Waals surface area contributed by atoms with E-state index in [0.29, 0.717) is 24.8 Å². The zero-order chi connectivity index (χ0) is 16.3. The van der Waals surface area contributed by atoms with E-state index in [0.717, 1.165) is 18.9 Å². The first-order valence-electron chi connectivity index (χ1n) is 7.37. The van der Waals surface area contributed by atoms with Gasteiger partial charge >= 0.3 is 5.97 Å². The van der Waals surface area contributed by atoms with Gasteiger partial charge in [-0.3, -0.25) is 0 Å². The minimum atomic E-state index is -3.93. The lowest BCUT2D eigenvalue weighted by Gasteiger charge is -2.26. The van der Waals surface area contributed by atoms with Crippen molar-refractivity contribution < 1.29 is 22.7 Å². The molecule has 1 aromatic carbocycles. The van der Waals surface area contributed by atoms with E-state index < -0.39 is 28.2 Å². The quantitative estimate of drug-likeness (QED) is 0.869. The summed E-state index contributed by atoms with van der Waals surface area (Å²) < 4.78 is 40.9. The zero-order valence-corrected chi connectivity index (χ0v) is 13.2. The smallest absolute Gasteiger partial charge is 0.336 e.